The van der Waals surface area contributed by atoms with Crippen molar-refractivity contribution in [3.05, 3.63) is 29.8 Å². The first-order valence-corrected chi connectivity index (χ1v) is 8.71. The number of amides is 2. The molecule has 2 aromatic heterocycles. The standard InChI is InChI=1S/C17H23N5O4/c1-3-22(2)17(24)25-12-5-4-11(8-12)14-10-15(21-20-14)19-16(23)9-13-6-7-18-26-13/h6-7,10-12H,3-5,8-9H2,1-2H3,(H2,19,20,21,23)/t11-,12+/m0/s1. The average molecular weight is 361 g/mol. The number of aromatic nitrogens is 3. The molecule has 1 saturated carbocycles. The Morgan fingerprint density at radius 3 is 3.04 bits per heavy atom. The van der Waals surface area contributed by atoms with Crippen LogP contribution in [0.15, 0.2) is 22.9 Å². The van der Waals surface area contributed by atoms with Crippen molar-refractivity contribution in [3.8, 4) is 0 Å². The lowest BCUT2D eigenvalue weighted by Crippen LogP contribution is -2.30. The number of carbonyl (C=O) groups excluding carboxylic acids is 2. The molecule has 3 rings (SSSR count). The summed E-state index contributed by atoms with van der Waals surface area (Å²) in [7, 11) is 1.72. The number of H-pyrrole nitrogens is 1. The predicted octanol–water partition coefficient (Wildman–Crippen LogP) is 2.30. The van der Waals surface area contributed by atoms with Crippen LogP contribution in [0, 0.1) is 0 Å². The highest BCUT2D eigenvalue weighted by Crippen LogP contribution is 2.36. The fourth-order valence-electron chi connectivity index (χ4n) is 2.98. The molecule has 0 aromatic carbocycles. The zero-order valence-electron chi connectivity index (χ0n) is 14.9. The van der Waals surface area contributed by atoms with Gasteiger partial charge in [-0.25, -0.2) is 4.79 Å². The minimum Gasteiger partial charge on any atom is -0.446 e. The fraction of sp³-hybridized carbons (Fsp3) is 0.529. The van der Waals surface area contributed by atoms with E-state index in [0.717, 1.165) is 25.0 Å². The van der Waals surface area contributed by atoms with E-state index < -0.39 is 0 Å². The Morgan fingerprint density at radius 2 is 2.31 bits per heavy atom. The SMILES string of the molecule is CCN(C)C(=O)O[C@@H]1CC[C@H](c2cc(NC(=O)Cc3ccno3)n[nH]2)C1. The normalized spacial score (nSPS) is 19.3. The number of nitrogens with zero attached hydrogens (tertiary/aromatic N) is 3. The fourth-order valence-corrected chi connectivity index (χ4v) is 2.98. The molecule has 2 aromatic rings. The van der Waals surface area contributed by atoms with E-state index in [0.29, 0.717) is 18.1 Å². The van der Waals surface area contributed by atoms with Crippen LogP contribution in [0.1, 0.15) is 43.6 Å². The van der Waals surface area contributed by atoms with Gasteiger partial charge in [0.05, 0.1) is 12.6 Å². The monoisotopic (exact) mass is 361 g/mol. The van der Waals surface area contributed by atoms with Crippen LogP contribution in [0.25, 0.3) is 0 Å². The number of ether oxygens (including phenoxy) is 1. The van der Waals surface area contributed by atoms with E-state index in [1.165, 1.54) is 6.20 Å². The maximum Gasteiger partial charge on any atom is 0.409 e. The number of anilines is 1. The molecular weight excluding hydrogens is 338 g/mol. The lowest BCUT2D eigenvalue weighted by molar-refractivity contribution is -0.115. The van der Waals surface area contributed by atoms with E-state index in [9.17, 15) is 9.59 Å². The first-order valence-electron chi connectivity index (χ1n) is 8.71. The van der Waals surface area contributed by atoms with Gasteiger partial charge in [0.25, 0.3) is 0 Å². The molecule has 0 aliphatic heterocycles. The van der Waals surface area contributed by atoms with Crippen LogP contribution in [0.5, 0.6) is 0 Å². The maximum atomic E-state index is 12.0. The summed E-state index contributed by atoms with van der Waals surface area (Å²) < 4.78 is 10.4. The first-order chi connectivity index (χ1) is 12.5. The zero-order valence-corrected chi connectivity index (χ0v) is 14.9. The van der Waals surface area contributed by atoms with Gasteiger partial charge in [-0.2, -0.15) is 5.10 Å². The molecule has 0 radical (unpaired) electrons. The Labute approximate surface area is 151 Å². The Morgan fingerprint density at radius 1 is 1.46 bits per heavy atom. The lowest BCUT2D eigenvalue weighted by atomic mass is 10.0. The van der Waals surface area contributed by atoms with Crippen LogP contribution in [-0.4, -0.2) is 52.0 Å². The minimum atomic E-state index is -0.289. The summed E-state index contributed by atoms with van der Waals surface area (Å²) in [6.45, 7) is 2.52. The summed E-state index contributed by atoms with van der Waals surface area (Å²) >= 11 is 0. The second-order valence-corrected chi connectivity index (χ2v) is 6.44. The molecule has 2 N–H and O–H groups in total. The van der Waals surface area contributed by atoms with Gasteiger partial charge in [-0.3, -0.25) is 9.89 Å². The molecular formula is C17H23N5O4. The van der Waals surface area contributed by atoms with Crippen molar-refractivity contribution in [2.24, 2.45) is 0 Å². The number of hydrogen-bond donors (Lipinski definition) is 2. The number of aromatic amines is 1. The third-order valence-electron chi connectivity index (χ3n) is 4.57. The van der Waals surface area contributed by atoms with Gasteiger partial charge in [-0.1, -0.05) is 5.16 Å². The average Bonchev–Trinajstić information content (AvgIpc) is 3.35. The highest BCUT2D eigenvalue weighted by atomic mass is 16.6. The van der Waals surface area contributed by atoms with Crippen molar-refractivity contribution in [3.63, 3.8) is 0 Å². The Kier molecular flexibility index (Phi) is 5.55. The molecule has 26 heavy (non-hydrogen) atoms. The van der Waals surface area contributed by atoms with Gasteiger partial charge >= 0.3 is 6.09 Å². The van der Waals surface area contributed by atoms with Gasteiger partial charge in [0.2, 0.25) is 5.91 Å². The molecule has 1 aliphatic carbocycles. The molecule has 0 spiro atoms. The van der Waals surface area contributed by atoms with Gasteiger partial charge in [0.1, 0.15) is 11.9 Å². The van der Waals surface area contributed by atoms with Crippen molar-refractivity contribution < 1.29 is 18.8 Å². The van der Waals surface area contributed by atoms with Crippen molar-refractivity contribution in [1.82, 2.24) is 20.3 Å². The van der Waals surface area contributed by atoms with Crippen LogP contribution in [0.2, 0.25) is 0 Å². The van der Waals surface area contributed by atoms with Crippen LogP contribution in [-0.2, 0) is 16.0 Å². The summed E-state index contributed by atoms with van der Waals surface area (Å²) in [6, 6.07) is 3.47. The molecule has 1 fully saturated rings. The van der Waals surface area contributed by atoms with E-state index in [-0.39, 0.29) is 30.4 Å². The van der Waals surface area contributed by atoms with Gasteiger partial charge in [0, 0.05) is 37.3 Å². The number of carbonyl (C=O) groups is 2. The summed E-state index contributed by atoms with van der Waals surface area (Å²) in [5.74, 6) is 0.972. The van der Waals surface area contributed by atoms with E-state index in [1.807, 2.05) is 13.0 Å². The lowest BCUT2D eigenvalue weighted by Gasteiger charge is -2.18. The van der Waals surface area contributed by atoms with Gasteiger partial charge in [-0.15, -0.1) is 0 Å². The van der Waals surface area contributed by atoms with Crippen molar-refractivity contribution in [2.75, 3.05) is 18.9 Å². The highest BCUT2D eigenvalue weighted by molar-refractivity contribution is 5.91. The van der Waals surface area contributed by atoms with E-state index >= 15 is 0 Å². The van der Waals surface area contributed by atoms with Gasteiger partial charge in [-0.05, 0) is 26.2 Å². The number of nitrogens with one attached hydrogen (secondary N) is 2. The summed E-state index contributed by atoms with van der Waals surface area (Å²) in [6.07, 6.45) is 3.70. The molecule has 0 saturated heterocycles. The smallest absolute Gasteiger partial charge is 0.409 e. The third-order valence-corrected chi connectivity index (χ3v) is 4.57. The Hall–Kier alpha value is -2.84. The minimum absolute atomic E-state index is 0.0886. The summed E-state index contributed by atoms with van der Waals surface area (Å²) in [4.78, 5) is 25.4. The van der Waals surface area contributed by atoms with Crippen LogP contribution in [0.4, 0.5) is 10.6 Å². The number of hydrogen-bond acceptors (Lipinski definition) is 6. The van der Waals surface area contributed by atoms with Crippen molar-refractivity contribution in [1.29, 1.82) is 0 Å². The van der Waals surface area contributed by atoms with Crippen LogP contribution >= 0.6 is 0 Å². The molecule has 9 heteroatoms. The molecule has 1 aliphatic rings. The third kappa shape index (κ3) is 4.41. The Balaban J connectivity index is 1.50. The zero-order chi connectivity index (χ0) is 18.5. The highest BCUT2D eigenvalue weighted by Gasteiger charge is 2.30. The van der Waals surface area contributed by atoms with Gasteiger partial charge < -0.3 is 19.5 Å². The summed E-state index contributed by atoms with van der Waals surface area (Å²) in [5, 5.41) is 13.4. The quantitative estimate of drug-likeness (QED) is 0.816. The van der Waals surface area contributed by atoms with E-state index in [4.69, 9.17) is 9.26 Å². The van der Waals surface area contributed by atoms with Crippen molar-refractivity contribution >= 4 is 17.8 Å². The largest absolute Gasteiger partial charge is 0.446 e. The maximum absolute atomic E-state index is 12.0. The van der Waals surface area contributed by atoms with Gasteiger partial charge in [0.15, 0.2) is 5.82 Å². The molecule has 2 amide bonds. The molecule has 2 heterocycles. The van der Waals surface area contributed by atoms with E-state index in [2.05, 4.69) is 20.7 Å². The molecule has 9 nitrogen and oxygen atoms in total. The second kappa shape index (κ2) is 8.03. The topological polar surface area (TPSA) is 113 Å². The van der Waals surface area contributed by atoms with E-state index in [1.54, 1.807) is 18.0 Å². The van der Waals surface area contributed by atoms with Crippen LogP contribution in [0.3, 0.4) is 0 Å². The summed E-state index contributed by atoms with van der Waals surface area (Å²) in [5.41, 5.74) is 0.933. The number of rotatable bonds is 6. The molecule has 2 atom stereocenters. The molecule has 140 valence electrons. The predicted molar refractivity (Wildman–Crippen MR) is 92.6 cm³/mol. The van der Waals surface area contributed by atoms with Crippen LogP contribution < -0.4 is 5.32 Å². The molecule has 0 unspecified atom stereocenters. The van der Waals surface area contributed by atoms with Crippen molar-refractivity contribution in [2.45, 2.75) is 44.6 Å². The second-order valence-electron chi connectivity index (χ2n) is 6.44. The first kappa shape index (κ1) is 18.0. The Bertz CT molecular complexity index is 742. The molecule has 0 bridgehead atoms.